The Morgan fingerprint density at radius 2 is 2.00 bits per heavy atom. The lowest BCUT2D eigenvalue weighted by Crippen LogP contribution is -2.55. The van der Waals surface area contributed by atoms with Crippen molar-refractivity contribution in [1.29, 1.82) is 0 Å². The lowest BCUT2D eigenvalue weighted by molar-refractivity contribution is 0.0489. The molecular weight excluding hydrogens is 220 g/mol. The lowest BCUT2D eigenvalue weighted by Gasteiger charge is -2.47. The summed E-state index contributed by atoms with van der Waals surface area (Å²) in [5, 5.41) is 0. The second-order valence-electron chi connectivity index (χ2n) is 6.99. The molecule has 0 aromatic heterocycles. The average molecular weight is 254 g/mol. The van der Waals surface area contributed by atoms with Crippen LogP contribution >= 0.6 is 0 Å². The molecule has 3 unspecified atom stereocenters. The van der Waals surface area contributed by atoms with Crippen molar-refractivity contribution >= 4 is 0 Å². The second-order valence-corrected chi connectivity index (χ2v) is 6.99. The molecule has 1 saturated carbocycles. The van der Waals surface area contributed by atoms with Crippen molar-refractivity contribution in [2.45, 2.75) is 91.3 Å². The molecule has 2 heteroatoms. The van der Waals surface area contributed by atoms with E-state index in [9.17, 15) is 0 Å². The van der Waals surface area contributed by atoms with E-state index in [-0.39, 0.29) is 0 Å². The monoisotopic (exact) mass is 254 g/mol. The number of unbranched alkanes of at least 4 members (excludes halogenated alkanes) is 1. The number of nitrogens with zero attached hydrogens (tertiary/aromatic N) is 1. The number of hydrogen-bond acceptors (Lipinski definition) is 2. The largest absolute Gasteiger partial charge is 0.326 e. The summed E-state index contributed by atoms with van der Waals surface area (Å²) in [4.78, 5) is 2.70. The van der Waals surface area contributed by atoms with Crippen molar-refractivity contribution in [3.63, 3.8) is 0 Å². The van der Waals surface area contributed by atoms with Crippen LogP contribution in [0.1, 0.15) is 73.1 Å². The molecule has 0 aromatic rings. The molecule has 1 fully saturated rings. The first-order valence-corrected chi connectivity index (χ1v) is 7.92. The fraction of sp³-hybridized carbons (Fsp3) is 1.00. The van der Waals surface area contributed by atoms with Crippen LogP contribution < -0.4 is 5.73 Å². The molecule has 0 heterocycles. The van der Waals surface area contributed by atoms with Gasteiger partial charge in [-0.25, -0.2) is 0 Å². The molecule has 0 saturated heterocycles. The summed E-state index contributed by atoms with van der Waals surface area (Å²) in [6.45, 7) is 13.0. The van der Waals surface area contributed by atoms with Gasteiger partial charge in [0.25, 0.3) is 0 Å². The van der Waals surface area contributed by atoms with Gasteiger partial charge in [-0.15, -0.1) is 0 Å². The van der Waals surface area contributed by atoms with E-state index in [1.54, 1.807) is 0 Å². The third-order valence-corrected chi connectivity index (χ3v) is 4.76. The minimum atomic E-state index is 0.379. The van der Waals surface area contributed by atoms with Crippen LogP contribution in [-0.2, 0) is 0 Å². The van der Waals surface area contributed by atoms with E-state index in [4.69, 9.17) is 5.73 Å². The Kier molecular flexibility index (Phi) is 6.13. The highest BCUT2D eigenvalue weighted by molar-refractivity contribution is 4.94. The minimum Gasteiger partial charge on any atom is -0.326 e. The highest BCUT2D eigenvalue weighted by Crippen LogP contribution is 2.37. The predicted molar refractivity (Wildman–Crippen MR) is 80.8 cm³/mol. The second kappa shape index (κ2) is 6.91. The van der Waals surface area contributed by atoms with Crippen LogP contribution in [0.3, 0.4) is 0 Å². The van der Waals surface area contributed by atoms with Crippen LogP contribution in [-0.4, -0.2) is 29.6 Å². The molecule has 2 N–H and O–H groups in total. The maximum atomic E-state index is 6.42. The van der Waals surface area contributed by atoms with Gasteiger partial charge in [0.05, 0.1) is 0 Å². The fourth-order valence-corrected chi connectivity index (χ4v) is 3.22. The molecule has 3 atom stereocenters. The maximum Gasteiger partial charge on any atom is 0.0255 e. The highest BCUT2D eigenvalue weighted by atomic mass is 15.2. The van der Waals surface area contributed by atoms with Gasteiger partial charge in [-0.1, -0.05) is 34.1 Å². The Bertz CT molecular complexity index is 237. The van der Waals surface area contributed by atoms with Crippen LogP contribution in [0.5, 0.6) is 0 Å². The molecule has 0 spiro atoms. The standard InChI is InChI=1S/C16H34N2/c1-6-8-11-18(13(3)7-2)15-12-16(4,5)10-9-14(15)17/h13-15H,6-12,17H2,1-5H3. The molecule has 108 valence electrons. The molecule has 1 aliphatic rings. The average Bonchev–Trinajstić information content (AvgIpc) is 2.33. The Hall–Kier alpha value is -0.0800. The molecule has 0 aromatic carbocycles. The Morgan fingerprint density at radius 3 is 2.56 bits per heavy atom. The van der Waals surface area contributed by atoms with Gasteiger partial charge in [-0.3, -0.25) is 4.90 Å². The van der Waals surface area contributed by atoms with E-state index < -0.39 is 0 Å². The first-order valence-electron chi connectivity index (χ1n) is 7.92. The van der Waals surface area contributed by atoms with E-state index in [2.05, 4.69) is 39.5 Å². The van der Waals surface area contributed by atoms with Crippen LogP contribution in [0.25, 0.3) is 0 Å². The van der Waals surface area contributed by atoms with E-state index in [1.165, 1.54) is 45.1 Å². The molecule has 18 heavy (non-hydrogen) atoms. The zero-order valence-electron chi connectivity index (χ0n) is 13.2. The smallest absolute Gasteiger partial charge is 0.0255 e. The number of rotatable bonds is 6. The van der Waals surface area contributed by atoms with Gasteiger partial charge >= 0.3 is 0 Å². The van der Waals surface area contributed by atoms with Crippen molar-refractivity contribution in [1.82, 2.24) is 4.90 Å². The van der Waals surface area contributed by atoms with Crippen molar-refractivity contribution in [3.8, 4) is 0 Å². The van der Waals surface area contributed by atoms with Crippen LogP contribution in [0.15, 0.2) is 0 Å². The predicted octanol–water partition coefficient (Wildman–Crippen LogP) is 3.79. The molecule has 0 bridgehead atoms. The van der Waals surface area contributed by atoms with E-state index >= 15 is 0 Å². The SMILES string of the molecule is CCCCN(C(C)CC)C1CC(C)(C)CCC1N. The number of hydrogen-bond donors (Lipinski definition) is 1. The first kappa shape index (κ1) is 16.0. The van der Waals surface area contributed by atoms with E-state index in [0.29, 0.717) is 23.5 Å². The highest BCUT2D eigenvalue weighted by Gasteiger charge is 2.37. The van der Waals surface area contributed by atoms with Gasteiger partial charge in [0.1, 0.15) is 0 Å². The topological polar surface area (TPSA) is 29.3 Å². The van der Waals surface area contributed by atoms with Crippen molar-refractivity contribution in [2.24, 2.45) is 11.1 Å². The normalized spacial score (nSPS) is 29.5. The quantitative estimate of drug-likeness (QED) is 0.781. The van der Waals surface area contributed by atoms with Crippen molar-refractivity contribution in [2.75, 3.05) is 6.54 Å². The summed E-state index contributed by atoms with van der Waals surface area (Å²) in [5.41, 5.74) is 6.89. The summed E-state index contributed by atoms with van der Waals surface area (Å²) >= 11 is 0. The minimum absolute atomic E-state index is 0.379. The third-order valence-electron chi connectivity index (χ3n) is 4.76. The summed E-state index contributed by atoms with van der Waals surface area (Å²) in [6, 6.07) is 1.64. The van der Waals surface area contributed by atoms with Crippen LogP contribution in [0.4, 0.5) is 0 Å². The summed E-state index contributed by atoms with van der Waals surface area (Å²) < 4.78 is 0. The van der Waals surface area contributed by atoms with Crippen molar-refractivity contribution < 1.29 is 0 Å². The molecule has 2 nitrogen and oxygen atoms in total. The number of nitrogens with two attached hydrogens (primary N) is 1. The van der Waals surface area contributed by atoms with Gasteiger partial charge in [0.2, 0.25) is 0 Å². The molecule has 0 aliphatic heterocycles. The van der Waals surface area contributed by atoms with Gasteiger partial charge in [0, 0.05) is 18.1 Å². The Morgan fingerprint density at radius 1 is 1.33 bits per heavy atom. The zero-order valence-corrected chi connectivity index (χ0v) is 13.2. The molecule has 1 rings (SSSR count). The Balaban J connectivity index is 2.74. The molecule has 1 aliphatic carbocycles. The van der Waals surface area contributed by atoms with Gasteiger partial charge in [0.15, 0.2) is 0 Å². The molecular formula is C16H34N2. The van der Waals surface area contributed by atoms with Gasteiger partial charge in [-0.05, 0) is 51.0 Å². The summed E-state index contributed by atoms with van der Waals surface area (Å²) in [7, 11) is 0. The summed E-state index contributed by atoms with van der Waals surface area (Å²) in [5.74, 6) is 0. The molecule has 0 amide bonds. The Labute approximate surface area is 114 Å². The van der Waals surface area contributed by atoms with Crippen molar-refractivity contribution in [3.05, 3.63) is 0 Å². The van der Waals surface area contributed by atoms with Crippen LogP contribution in [0.2, 0.25) is 0 Å². The zero-order chi connectivity index (χ0) is 13.8. The van der Waals surface area contributed by atoms with Gasteiger partial charge in [-0.2, -0.15) is 0 Å². The molecule has 0 radical (unpaired) electrons. The van der Waals surface area contributed by atoms with E-state index in [0.717, 1.165) is 0 Å². The first-order chi connectivity index (χ1) is 8.41. The fourth-order valence-electron chi connectivity index (χ4n) is 3.22. The van der Waals surface area contributed by atoms with E-state index in [1.807, 2.05) is 0 Å². The maximum absolute atomic E-state index is 6.42. The van der Waals surface area contributed by atoms with Crippen LogP contribution in [0, 0.1) is 5.41 Å². The lowest BCUT2D eigenvalue weighted by atomic mass is 9.72. The summed E-state index contributed by atoms with van der Waals surface area (Å²) in [6.07, 6.45) is 7.55. The third kappa shape index (κ3) is 4.24. The van der Waals surface area contributed by atoms with Gasteiger partial charge < -0.3 is 5.73 Å².